The first kappa shape index (κ1) is 24.2. The Balaban J connectivity index is 2.18. The third kappa shape index (κ3) is 4.68. The summed E-state index contributed by atoms with van der Waals surface area (Å²) in [7, 11) is 1.60. The van der Waals surface area contributed by atoms with Gasteiger partial charge in [-0.3, -0.25) is 14.4 Å². The Kier molecular flexibility index (Phi) is 7.28. The van der Waals surface area contributed by atoms with Crippen LogP contribution in [0.25, 0.3) is 0 Å². The Morgan fingerprint density at radius 2 is 1.88 bits per heavy atom. The zero-order valence-corrected chi connectivity index (χ0v) is 19.8. The second-order valence-corrected chi connectivity index (χ2v) is 10.3. The number of rotatable bonds is 5. The number of hydrogen-bond acceptors (Lipinski definition) is 4. The maximum atomic E-state index is 14.0. The summed E-state index contributed by atoms with van der Waals surface area (Å²) in [5, 5.41) is 12.3. The minimum atomic E-state index is -1.08. The summed E-state index contributed by atoms with van der Waals surface area (Å²) in [4.78, 5) is 44.3. The van der Waals surface area contributed by atoms with Crippen LogP contribution in [0.15, 0.2) is 30.3 Å². The van der Waals surface area contributed by atoms with Gasteiger partial charge in [-0.2, -0.15) is 0 Å². The zero-order valence-electron chi connectivity index (χ0n) is 19.8. The molecule has 0 radical (unpaired) electrons. The van der Waals surface area contributed by atoms with Crippen molar-refractivity contribution in [3.63, 3.8) is 0 Å². The molecule has 0 saturated carbocycles. The van der Waals surface area contributed by atoms with E-state index < -0.39 is 17.5 Å². The number of benzene rings is 1. The number of aliphatic hydroxyl groups is 1. The summed E-state index contributed by atoms with van der Waals surface area (Å²) in [6.07, 6.45) is 2.71. The molecule has 2 aliphatic rings. The molecule has 2 heterocycles. The molecular weight excluding hydrogens is 406 g/mol. The molecule has 0 aromatic heterocycles. The summed E-state index contributed by atoms with van der Waals surface area (Å²) in [5.74, 6) is -0.921. The van der Waals surface area contributed by atoms with Gasteiger partial charge in [0.05, 0.1) is 18.6 Å². The molecule has 2 aliphatic heterocycles. The topological polar surface area (TPSA) is 90.0 Å². The predicted octanol–water partition coefficient (Wildman–Crippen LogP) is 2.50. The van der Waals surface area contributed by atoms with E-state index >= 15 is 0 Å². The van der Waals surface area contributed by atoms with Gasteiger partial charge in [0.1, 0.15) is 5.54 Å². The highest BCUT2D eigenvalue weighted by atomic mass is 16.3. The first-order valence-electron chi connectivity index (χ1n) is 11.6. The Morgan fingerprint density at radius 3 is 2.47 bits per heavy atom. The Labute approximate surface area is 191 Å². The van der Waals surface area contributed by atoms with E-state index in [1.54, 1.807) is 16.8 Å². The monoisotopic (exact) mass is 443 g/mol. The molecule has 1 spiro atoms. The maximum Gasteiger partial charge on any atom is 0.248 e. The molecule has 2 saturated heterocycles. The summed E-state index contributed by atoms with van der Waals surface area (Å²) < 4.78 is 0. The van der Waals surface area contributed by atoms with E-state index in [0.717, 1.165) is 18.4 Å². The van der Waals surface area contributed by atoms with Crippen LogP contribution in [0.5, 0.6) is 0 Å². The average Bonchev–Trinajstić information content (AvgIpc) is 3.02. The summed E-state index contributed by atoms with van der Waals surface area (Å²) >= 11 is 0. The molecule has 0 bridgehead atoms. The molecule has 0 unspecified atom stereocenters. The Morgan fingerprint density at radius 1 is 1.19 bits per heavy atom. The first-order chi connectivity index (χ1) is 15.1. The molecule has 32 heavy (non-hydrogen) atoms. The van der Waals surface area contributed by atoms with Gasteiger partial charge >= 0.3 is 0 Å². The molecule has 7 heteroatoms. The molecule has 1 aromatic carbocycles. The van der Waals surface area contributed by atoms with Crippen LogP contribution in [-0.2, 0) is 14.4 Å². The van der Waals surface area contributed by atoms with Crippen LogP contribution >= 0.6 is 0 Å². The number of nitrogens with one attached hydrogen (secondary N) is 1. The van der Waals surface area contributed by atoms with Crippen molar-refractivity contribution in [1.29, 1.82) is 0 Å². The second kappa shape index (κ2) is 9.61. The minimum Gasteiger partial charge on any atom is -0.395 e. The minimum absolute atomic E-state index is 0.100. The van der Waals surface area contributed by atoms with Gasteiger partial charge in [0.15, 0.2) is 0 Å². The van der Waals surface area contributed by atoms with Gasteiger partial charge in [-0.25, -0.2) is 0 Å². The molecule has 2 fully saturated rings. The van der Waals surface area contributed by atoms with Crippen LogP contribution in [0.4, 0.5) is 0 Å². The smallest absolute Gasteiger partial charge is 0.248 e. The molecule has 3 rings (SSSR count). The van der Waals surface area contributed by atoms with E-state index in [0.29, 0.717) is 19.4 Å². The van der Waals surface area contributed by atoms with E-state index in [4.69, 9.17) is 0 Å². The van der Waals surface area contributed by atoms with Gasteiger partial charge < -0.3 is 20.2 Å². The molecule has 2 N–H and O–H groups in total. The summed E-state index contributed by atoms with van der Waals surface area (Å²) in [6.45, 7) is 6.70. The lowest BCUT2D eigenvalue weighted by Crippen LogP contribution is -2.58. The third-order valence-corrected chi connectivity index (χ3v) is 6.68. The summed E-state index contributed by atoms with van der Waals surface area (Å²) in [6, 6.07) is 9.07. The van der Waals surface area contributed by atoms with Gasteiger partial charge in [-0.1, -0.05) is 51.1 Å². The van der Waals surface area contributed by atoms with Crippen LogP contribution in [0, 0.1) is 11.3 Å². The van der Waals surface area contributed by atoms with Crippen LogP contribution < -0.4 is 5.32 Å². The van der Waals surface area contributed by atoms with Crippen molar-refractivity contribution in [3.05, 3.63) is 35.9 Å². The fourth-order valence-electron chi connectivity index (χ4n) is 5.38. The Hall–Kier alpha value is -2.41. The van der Waals surface area contributed by atoms with Crippen molar-refractivity contribution in [1.82, 2.24) is 15.1 Å². The van der Waals surface area contributed by atoms with Crippen LogP contribution in [-0.4, -0.2) is 64.9 Å². The third-order valence-electron chi connectivity index (χ3n) is 6.68. The number of carbonyl (C=O) groups is 3. The van der Waals surface area contributed by atoms with Crippen LogP contribution in [0.3, 0.4) is 0 Å². The van der Waals surface area contributed by atoms with Gasteiger partial charge in [-0.15, -0.1) is 0 Å². The van der Waals surface area contributed by atoms with Crippen molar-refractivity contribution >= 4 is 17.7 Å². The fraction of sp³-hybridized carbons (Fsp3) is 0.640. The van der Waals surface area contributed by atoms with Crippen molar-refractivity contribution in [2.75, 3.05) is 26.7 Å². The molecule has 0 aliphatic carbocycles. The highest BCUT2D eigenvalue weighted by molar-refractivity contribution is 5.95. The highest BCUT2D eigenvalue weighted by Gasteiger charge is 2.61. The van der Waals surface area contributed by atoms with E-state index in [9.17, 15) is 19.5 Å². The molecule has 3 amide bonds. The van der Waals surface area contributed by atoms with Gasteiger partial charge in [0.25, 0.3) is 0 Å². The fourth-order valence-corrected chi connectivity index (χ4v) is 5.38. The van der Waals surface area contributed by atoms with Gasteiger partial charge in [0.2, 0.25) is 17.7 Å². The largest absolute Gasteiger partial charge is 0.395 e. The molecule has 7 nitrogen and oxygen atoms in total. The first-order valence-corrected chi connectivity index (χ1v) is 11.6. The number of carbonyl (C=O) groups excluding carboxylic acids is 3. The number of amides is 3. The molecular formula is C25H37N3O4. The van der Waals surface area contributed by atoms with Crippen LogP contribution in [0.2, 0.25) is 0 Å². The molecule has 3 atom stereocenters. The lowest BCUT2D eigenvalue weighted by Gasteiger charge is -2.42. The van der Waals surface area contributed by atoms with Gasteiger partial charge in [0, 0.05) is 26.6 Å². The predicted molar refractivity (Wildman–Crippen MR) is 123 cm³/mol. The van der Waals surface area contributed by atoms with Crippen LogP contribution in [0.1, 0.15) is 64.5 Å². The number of likely N-dealkylation sites (tertiary alicyclic amines) is 2. The van der Waals surface area contributed by atoms with Crippen molar-refractivity contribution in [2.24, 2.45) is 11.3 Å². The van der Waals surface area contributed by atoms with Crippen molar-refractivity contribution in [3.8, 4) is 0 Å². The standard InChI is InChI=1S/C25H37N3O4/c1-24(2,3)17-20(30)28-21(18-10-6-5-7-11-18)19(22(31)26-4)16-25(28)12-8-9-13-27(14-15-29)23(25)32/h5-7,10-11,19,21,29H,8-9,12-17H2,1-4H3,(H,26,31)/t19-,21-,25-/m0/s1. The Bertz CT molecular complexity index is 835. The number of aliphatic hydroxyl groups excluding tert-OH is 1. The van der Waals surface area contributed by atoms with E-state index in [-0.39, 0.29) is 42.7 Å². The van der Waals surface area contributed by atoms with E-state index in [1.807, 2.05) is 51.1 Å². The van der Waals surface area contributed by atoms with Gasteiger partial charge in [-0.05, 0) is 36.7 Å². The molecule has 1 aromatic rings. The van der Waals surface area contributed by atoms with Crippen molar-refractivity contribution in [2.45, 2.75) is 64.5 Å². The normalized spacial score (nSPS) is 26.3. The lowest BCUT2D eigenvalue weighted by molar-refractivity contribution is -0.154. The quantitative estimate of drug-likeness (QED) is 0.732. The SMILES string of the molecule is CNC(=O)[C@H]1C[C@]2(CCCCN(CCO)C2=O)N(C(=O)CC(C)(C)C)[C@H]1c1ccccc1. The lowest BCUT2D eigenvalue weighted by atomic mass is 9.84. The highest BCUT2D eigenvalue weighted by Crippen LogP contribution is 2.51. The average molecular weight is 444 g/mol. The van der Waals surface area contributed by atoms with E-state index in [1.165, 1.54) is 0 Å². The van der Waals surface area contributed by atoms with Crippen molar-refractivity contribution < 1.29 is 19.5 Å². The number of hydrogen-bond donors (Lipinski definition) is 2. The number of nitrogens with zero attached hydrogens (tertiary/aromatic N) is 2. The number of β-amino-alcohol motifs (C(OH)–C–C–N with tert-alkyl or cyclic N) is 1. The zero-order chi connectivity index (χ0) is 23.5. The second-order valence-electron chi connectivity index (χ2n) is 10.3. The maximum absolute atomic E-state index is 14.0. The van der Waals surface area contributed by atoms with E-state index in [2.05, 4.69) is 5.32 Å². The summed E-state index contributed by atoms with van der Waals surface area (Å²) in [5.41, 5.74) is -0.472. The molecule has 176 valence electrons.